The van der Waals surface area contributed by atoms with Crippen molar-refractivity contribution in [3.8, 4) is 11.5 Å². The summed E-state index contributed by atoms with van der Waals surface area (Å²) in [6.07, 6.45) is 8.14. The molecule has 0 aliphatic rings. The molecule has 0 aromatic heterocycles. The summed E-state index contributed by atoms with van der Waals surface area (Å²) in [6.45, 7) is 9.38. The van der Waals surface area contributed by atoms with Crippen molar-refractivity contribution in [1.29, 1.82) is 0 Å². The van der Waals surface area contributed by atoms with Gasteiger partial charge in [0, 0.05) is 11.6 Å². The molecule has 0 spiro atoms. The quantitative estimate of drug-likeness (QED) is 0.396. The summed E-state index contributed by atoms with van der Waals surface area (Å²) in [4.78, 5) is 0. The smallest absolute Gasteiger partial charge is 0.122 e. The molecule has 1 aromatic rings. The van der Waals surface area contributed by atoms with Crippen molar-refractivity contribution < 1.29 is 14.9 Å². The standard InChI is InChI=1S/C23H41NO3/c1-18(2)9-7-5-6-8-14-27-21-11-10-20(22(26)15-21)12-13-23(24,17-25)16-19(3)4/h10-11,15,18-19,25-26H,5-9,12-14,16-17,24H2,1-4H3/t23-/m0/s1. The first-order valence-electron chi connectivity index (χ1n) is 10.6. The lowest BCUT2D eigenvalue weighted by atomic mass is 9.85. The number of phenolic OH excluding ortho intramolecular Hbond substituents is 1. The SMILES string of the molecule is CC(C)CCCCCCOc1ccc(CC[C@@](N)(CO)CC(C)C)c(O)c1. The average molecular weight is 380 g/mol. The Morgan fingerprint density at radius 2 is 1.74 bits per heavy atom. The second kappa shape index (κ2) is 12.2. The van der Waals surface area contributed by atoms with Gasteiger partial charge >= 0.3 is 0 Å². The lowest BCUT2D eigenvalue weighted by Gasteiger charge is -2.29. The molecular weight excluding hydrogens is 338 g/mol. The number of nitrogens with two attached hydrogens (primary N) is 1. The molecule has 0 heterocycles. The molecule has 0 saturated carbocycles. The van der Waals surface area contributed by atoms with Gasteiger partial charge in [0.15, 0.2) is 0 Å². The Hall–Kier alpha value is -1.26. The van der Waals surface area contributed by atoms with Crippen molar-refractivity contribution in [2.45, 2.75) is 84.6 Å². The van der Waals surface area contributed by atoms with Crippen LogP contribution >= 0.6 is 0 Å². The summed E-state index contributed by atoms with van der Waals surface area (Å²) in [5, 5.41) is 19.9. The van der Waals surface area contributed by atoms with Crippen LogP contribution in [0.3, 0.4) is 0 Å². The summed E-state index contributed by atoms with van der Waals surface area (Å²) >= 11 is 0. The number of rotatable bonds is 14. The molecule has 0 bridgehead atoms. The van der Waals surface area contributed by atoms with Crippen LogP contribution < -0.4 is 10.5 Å². The van der Waals surface area contributed by atoms with E-state index in [0.29, 0.717) is 31.1 Å². The minimum Gasteiger partial charge on any atom is -0.508 e. The maximum absolute atomic E-state index is 10.3. The van der Waals surface area contributed by atoms with Gasteiger partial charge in [-0.2, -0.15) is 0 Å². The van der Waals surface area contributed by atoms with Gasteiger partial charge in [-0.1, -0.05) is 59.4 Å². The van der Waals surface area contributed by atoms with Crippen LogP contribution in [0.5, 0.6) is 11.5 Å². The lowest BCUT2D eigenvalue weighted by molar-refractivity contribution is 0.165. The van der Waals surface area contributed by atoms with Gasteiger partial charge in [-0.3, -0.25) is 0 Å². The Morgan fingerprint density at radius 3 is 2.33 bits per heavy atom. The Labute approximate surface area is 166 Å². The molecule has 1 rings (SSSR count). The first-order valence-corrected chi connectivity index (χ1v) is 10.6. The molecule has 0 fully saturated rings. The lowest BCUT2D eigenvalue weighted by Crippen LogP contribution is -2.45. The summed E-state index contributed by atoms with van der Waals surface area (Å²) in [5.41, 5.74) is 6.56. The third kappa shape index (κ3) is 10.0. The zero-order valence-electron chi connectivity index (χ0n) is 17.8. The van der Waals surface area contributed by atoms with Crippen molar-refractivity contribution in [2.75, 3.05) is 13.2 Å². The number of hydrogen-bond donors (Lipinski definition) is 3. The van der Waals surface area contributed by atoms with Crippen molar-refractivity contribution >= 4 is 0 Å². The number of aliphatic hydroxyl groups excluding tert-OH is 1. The molecule has 27 heavy (non-hydrogen) atoms. The van der Waals surface area contributed by atoms with Crippen molar-refractivity contribution in [3.05, 3.63) is 23.8 Å². The number of hydrogen-bond acceptors (Lipinski definition) is 4. The monoisotopic (exact) mass is 379 g/mol. The Bertz CT molecular complexity index is 530. The van der Waals surface area contributed by atoms with Crippen LogP contribution in [-0.4, -0.2) is 29.0 Å². The number of unbranched alkanes of at least 4 members (excludes halogenated alkanes) is 3. The first-order chi connectivity index (χ1) is 12.8. The second-order valence-electron chi connectivity index (χ2n) is 8.85. The van der Waals surface area contributed by atoms with Crippen LogP contribution in [-0.2, 0) is 6.42 Å². The van der Waals surface area contributed by atoms with Gasteiger partial charge < -0.3 is 20.7 Å². The topological polar surface area (TPSA) is 75.7 Å². The molecule has 4 nitrogen and oxygen atoms in total. The van der Waals surface area contributed by atoms with Gasteiger partial charge in [0.05, 0.1) is 13.2 Å². The van der Waals surface area contributed by atoms with E-state index in [9.17, 15) is 10.2 Å². The van der Waals surface area contributed by atoms with E-state index in [-0.39, 0.29) is 12.4 Å². The maximum atomic E-state index is 10.3. The Balaban J connectivity index is 2.38. The number of benzene rings is 1. The molecule has 0 unspecified atom stereocenters. The van der Waals surface area contributed by atoms with E-state index < -0.39 is 5.54 Å². The average Bonchev–Trinajstić information content (AvgIpc) is 2.59. The largest absolute Gasteiger partial charge is 0.508 e. The summed E-state index contributed by atoms with van der Waals surface area (Å²) in [6, 6.07) is 5.50. The van der Waals surface area contributed by atoms with Crippen LogP contribution in [0.15, 0.2) is 18.2 Å². The van der Waals surface area contributed by atoms with Crippen molar-refractivity contribution in [1.82, 2.24) is 0 Å². The minimum atomic E-state index is -0.592. The van der Waals surface area contributed by atoms with Crippen LogP contribution in [0, 0.1) is 11.8 Å². The fourth-order valence-corrected chi connectivity index (χ4v) is 3.49. The van der Waals surface area contributed by atoms with E-state index in [1.165, 1.54) is 25.7 Å². The third-order valence-electron chi connectivity index (χ3n) is 5.02. The highest BCUT2D eigenvalue weighted by Gasteiger charge is 2.25. The van der Waals surface area contributed by atoms with E-state index in [0.717, 1.165) is 24.3 Å². The molecular formula is C23H41NO3. The van der Waals surface area contributed by atoms with Gasteiger partial charge in [-0.05, 0) is 49.1 Å². The maximum Gasteiger partial charge on any atom is 0.122 e. The number of aromatic hydroxyl groups is 1. The number of phenols is 1. The molecule has 0 aliphatic heterocycles. The van der Waals surface area contributed by atoms with Gasteiger partial charge in [0.1, 0.15) is 11.5 Å². The predicted molar refractivity (Wildman–Crippen MR) is 113 cm³/mol. The molecule has 4 heteroatoms. The number of aliphatic hydroxyl groups is 1. The van der Waals surface area contributed by atoms with E-state index >= 15 is 0 Å². The molecule has 0 radical (unpaired) electrons. The summed E-state index contributed by atoms with van der Waals surface area (Å²) in [7, 11) is 0. The van der Waals surface area contributed by atoms with E-state index in [4.69, 9.17) is 10.5 Å². The van der Waals surface area contributed by atoms with Gasteiger partial charge in [-0.25, -0.2) is 0 Å². The molecule has 0 amide bonds. The molecule has 0 saturated heterocycles. The van der Waals surface area contributed by atoms with Gasteiger partial charge in [-0.15, -0.1) is 0 Å². The van der Waals surface area contributed by atoms with Crippen LogP contribution in [0.4, 0.5) is 0 Å². The predicted octanol–water partition coefficient (Wildman–Crippen LogP) is 5.05. The Morgan fingerprint density at radius 1 is 1.04 bits per heavy atom. The normalized spacial score (nSPS) is 13.9. The zero-order chi connectivity index (χ0) is 20.3. The van der Waals surface area contributed by atoms with Crippen LogP contribution in [0.1, 0.15) is 78.2 Å². The number of ether oxygens (including phenoxy) is 1. The molecule has 0 aliphatic carbocycles. The molecule has 1 atom stereocenters. The van der Waals surface area contributed by atoms with Crippen molar-refractivity contribution in [2.24, 2.45) is 17.6 Å². The highest BCUT2D eigenvalue weighted by Crippen LogP contribution is 2.27. The van der Waals surface area contributed by atoms with Gasteiger partial charge in [0.2, 0.25) is 0 Å². The highest BCUT2D eigenvalue weighted by molar-refractivity contribution is 5.39. The van der Waals surface area contributed by atoms with Crippen molar-refractivity contribution in [3.63, 3.8) is 0 Å². The molecule has 4 N–H and O–H groups in total. The van der Waals surface area contributed by atoms with E-state index in [1.807, 2.05) is 12.1 Å². The fraction of sp³-hybridized carbons (Fsp3) is 0.739. The zero-order valence-corrected chi connectivity index (χ0v) is 17.8. The third-order valence-corrected chi connectivity index (χ3v) is 5.02. The van der Waals surface area contributed by atoms with E-state index in [2.05, 4.69) is 27.7 Å². The summed E-state index contributed by atoms with van der Waals surface area (Å²) < 4.78 is 5.76. The minimum absolute atomic E-state index is 0.0374. The first kappa shape index (κ1) is 23.8. The molecule has 156 valence electrons. The van der Waals surface area contributed by atoms with Crippen LogP contribution in [0.25, 0.3) is 0 Å². The molecule has 1 aromatic carbocycles. The second-order valence-corrected chi connectivity index (χ2v) is 8.85. The van der Waals surface area contributed by atoms with E-state index in [1.54, 1.807) is 6.07 Å². The Kier molecular flexibility index (Phi) is 10.8. The van der Waals surface area contributed by atoms with Crippen LogP contribution in [0.2, 0.25) is 0 Å². The highest BCUT2D eigenvalue weighted by atomic mass is 16.5. The summed E-state index contributed by atoms with van der Waals surface area (Å²) in [5.74, 6) is 2.17. The van der Waals surface area contributed by atoms with Gasteiger partial charge in [0.25, 0.3) is 0 Å². The fourth-order valence-electron chi connectivity index (χ4n) is 3.49. The number of aryl methyl sites for hydroxylation is 1.